The second-order valence-corrected chi connectivity index (χ2v) is 4.63. The van der Waals surface area contributed by atoms with Gasteiger partial charge in [0.05, 0.1) is 5.52 Å². The second kappa shape index (κ2) is 4.26. The molecule has 18 heavy (non-hydrogen) atoms. The fourth-order valence-corrected chi connectivity index (χ4v) is 2.37. The smallest absolute Gasteiger partial charge is 0.0783 e. The van der Waals surface area contributed by atoms with Crippen LogP contribution in [0.25, 0.3) is 22.0 Å². The van der Waals surface area contributed by atoms with Gasteiger partial charge in [0.1, 0.15) is 0 Å². The zero-order valence-electron chi connectivity index (χ0n) is 10.6. The number of hydrogen-bond donors (Lipinski definition) is 0. The lowest BCUT2D eigenvalue weighted by molar-refractivity contribution is 1.34. The summed E-state index contributed by atoms with van der Waals surface area (Å²) in [6.07, 6.45) is 1.86. The molecule has 0 aliphatic carbocycles. The first-order valence-electron chi connectivity index (χ1n) is 6.18. The molecule has 0 radical (unpaired) electrons. The van der Waals surface area contributed by atoms with Crippen LogP contribution in [-0.4, -0.2) is 4.98 Å². The SMILES string of the molecule is Cc1cc(-c2ccccc2)c2ncccc2c1C. The molecule has 3 rings (SSSR count). The highest BCUT2D eigenvalue weighted by molar-refractivity contribution is 5.96. The van der Waals surface area contributed by atoms with Crippen LogP contribution in [0.1, 0.15) is 11.1 Å². The summed E-state index contributed by atoms with van der Waals surface area (Å²) in [7, 11) is 0. The fourth-order valence-electron chi connectivity index (χ4n) is 2.37. The van der Waals surface area contributed by atoms with Gasteiger partial charge in [-0.25, -0.2) is 0 Å². The van der Waals surface area contributed by atoms with Crippen LogP contribution in [0.4, 0.5) is 0 Å². The molecule has 88 valence electrons. The topological polar surface area (TPSA) is 12.9 Å². The first kappa shape index (κ1) is 11.0. The van der Waals surface area contributed by atoms with Gasteiger partial charge in [0.25, 0.3) is 0 Å². The van der Waals surface area contributed by atoms with Crippen LogP contribution in [0.2, 0.25) is 0 Å². The Kier molecular flexibility index (Phi) is 2.60. The molecule has 0 aliphatic heterocycles. The minimum Gasteiger partial charge on any atom is -0.256 e. The van der Waals surface area contributed by atoms with E-state index in [1.54, 1.807) is 0 Å². The van der Waals surface area contributed by atoms with Gasteiger partial charge >= 0.3 is 0 Å². The maximum Gasteiger partial charge on any atom is 0.0783 e. The van der Waals surface area contributed by atoms with E-state index in [4.69, 9.17) is 0 Å². The van der Waals surface area contributed by atoms with E-state index in [1.165, 1.54) is 27.6 Å². The molecule has 1 aromatic heterocycles. The van der Waals surface area contributed by atoms with Crippen molar-refractivity contribution in [1.29, 1.82) is 0 Å². The molecular formula is C17H15N. The zero-order chi connectivity index (χ0) is 12.5. The van der Waals surface area contributed by atoms with Crippen LogP contribution in [-0.2, 0) is 0 Å². The van der Waals surface area contributed by atoms with Crippen LogP contribution in [0, 0.1) is 13.8 Å². The molecule has 1 heteroatoms. The number of hydrogen-bond acceptors (Lipinski definition) is 1. The highest BCUT2D eigenvalue weighted by Crippen LogP contribution is 2.31. The highest BCUT2D eigenvalue weighted by Gasteiger charge is 2.08. The van der Waals surface area contributed by atoms with Crippen LogP contribution >= 0.6 is 0 Å². The average molecular weight is 233 g/mol. The minimum atomic E-state index is 1.09. The summed E-state index contributed by atoms with van der Waals surface area (Å²) < 4.78 is 0. The molecule has 0 saturated carbocycles. The lowest BCUT2D eigenvalue weighted by atomic mass is 9.95. The van der Waals surface area contributed by atoms with Gasteiger partial charge in [0.15, 0.2) is 0 Å². The summed E-state index contributed by atoms with van der Waals surface area (Å²) in [6, 6.07) is 16.8. The van der Waals surface area contributed by atoms with E-state index in [1.807, 2.05) is 18.3 Å². The van der Waals surface area contributed by atoms with Crippen LogP contribution in [0.15, 0.2) is 54.7 Å². The number of rotatable bonds is 1. The Morgan fingerprint density at radius 1 is 0.889 bits per heavy atom. The Bertz CT molecular complexity index is 699. The first-order chi connectivity index (χ1) is 8.77. The van der Waals surface area contributed by atoms with Crippen LogP contribution < -0.4 is 0 Å². The molecule has 0 unspecified atom stereocenters. The molecule has 0 N–H and O–H groups in total. The van der Waals surface area contributed by atoms with Crippen LogP contribution in [0.3, 0.4) is 0 Å². The summed E-state index contributed by atoms with van der Waals surface area (Å²) in [5, 5.41) is 1.25. The van der Waals surface area contributed by atoms with Crippen molar-refractivity contribution in [3.05, 3.63) is 65.9 Å². The monoisotopic (exact) mass is 233 g/mol. The Hall–Kier alpha value is -2.15. The largest absolute Gasteiger partial charge is 0.256 e. The number of pyridine rings is 1. The molecule has 0 spiro atoms. The third-order valence-corrected chi connectivity index (χ3v) is 3.50. The summed E-state index contributed by atoms with van der Waals surface area (Å²) >= 11 is 0. The summed E-state index contributed by atoms with van der Waals surface area (Å²) in [4.78, 5) is 4.56. The standard InChI is InChI=1S/C17H15N/c1-12-11-16(14-7-4-3-5-8-14)17-15(13(12)2)9-6-10-18-17/h3-11H,1-2H3. The average Bonchev–Trinajstić information content (AvgIpc) is 2.44. The van der Waals surface area contributed by atoms with Gasteiger partial charge in [-0.15, -0.1) is 0 Å². The summed E-state index contributed by atoms with van der Waals surface area (Å²) in [6.45, 7) is 4.32. The van der Waals surface area contributed by atoms with Gasteiger partial charge in [-0.3, -0.25) is 4.98 Å². The van der Waals surface area contributed by atoms with E-state index in [2.05, 4.69) is 55.2 Å². The molecule has 1 heterocycles. The lowest BCUT2D eigenvalue weighted by Crippen LogP contribution is -1.90. The molecule has 0 fully saturated rings. The Morgan fingerprint density at radius 2 is 1.67 bits per heavy atom. The van der Waals surface area contributed by atoms with E-state index in [0.29, 0.717) is 0 Å². The molecule has 2 aromatic carbocycles. The summed E-state index contributed by atoms with van der Waals surface area (Å²) in [5.74, 6) is 0. The van der Waals surface area contributed by atoms with Crippen molar-refractivity contribution in [2.24, 2.45) is 0 Å². The van der Waals surface area contributed by atoms with E-state index in [-0.39, 0.29) is 0 Å². The second-order valence-electron chi connectivity index (χ2n) is 4.63. The van der Waals surface area contributed by atoms with E-state index < -0.39 is 0 Å². The number of nitrogens with zero attached hydrogens (tertiary/aromatic N) is 1. The fraction of sp³-hybridized carbons (Fsp3) is 0.118. The summed E-state index contributed by atoms with van der Waals surface area (Å²) in [5.41, 5.74) is 6.16. The molecule has 0 bridgehead atoms. The number of aromatic nitrogens is 1. The Labute approximate surface area is 107 Å². The quantitative estimate of drug-likeness (QED) is 0.602. The van der Waals surface area contributed by atoms with Crippen molar-refractivity contribution in [2.45, 2.75) is 13.8 Å². The van der Waals surface area contributed by atoms with Crippen molar-refractivity contribution < 1.29 is 0 Å². The van der Waals surface area contributed by atoms with E-state index >= 15 is 0 Å². The molecule has 0 saturated heterocycles. The van der Waals surface area contributed by atoms with Gasteiger partial charge in [-0.2, -0.15) is 0 Å². The van der Waals surface area contributed by atoms with Crippen molar-refractivity contribution >= 4 is 10.9 Å². The van der Waals surface area contributed by atoms with Crippen molar-refractivity contribution in [3.8, 4) is 11.1 Å². The number of fused-ring (bicyclic) bond motifs is 1. The third-order valence-electron chi connectivity index (χ3n) is 3.50. The molecule has 0 atom stereocenters. The molecule has 3 aromatic rings. The number of aryl methyl sites for hydroxylation is 2. The first-order valence-corrected chi connectivity index (χ1v) is 6.18. The normalized spacial score (nSPS) is 10.8. The highest BCUT2D eigenvalue weighted by atomic mass is 14.7. The van der Waals surface area contributed by atoms with Gasteiger partial charge in [-0.1, -0.05) is 36.4 Å². The predicted molar refractivity (Wildman–Crippen MR) is 76.7 cm³/mol. The number of benzene rings is 2. The van der Waals surface area contributed by atoms with Crippen molar-refractivity contribution in [1.82, 2.24) is 4.98 Å². The van der Waals surface area contributed by atoms with Gasteiger partial charge in [0.2, 0.25) is 0 Å². The zero-order valence-corrected chi connectivity index (χ0v) is 10.6. The van der Waals surface area contributed by atoms with Gasteiger partial charge < -0.3 is 0 Å². The van der Waals surface area contributed by atoms with Gasteiger partial charge in [0, 0.05) is 17.1 Å². The predicted octanol–water partition coefficient (Wildman–Crippen LogP) is 4.52. The maximum absolute atomic E-state index is 4.56. The lowest BCUT2D eigenvalue weighted by Gasteiger charge is -2.11. The molecule has 0 aliphatic rings. The third kappa shape index (κ3) is 1.68. The molecule has 1 nitrogen and oxygen atoms in total. The van der Waals surface area contributed by atoms with Crippen molar-refractivity contribution in [3.63, 3.8) is 0 Å². The van der Waals surface area contributed by atoms with E-state index in [0.717, 1.165) is 5.52 Å². The Morgan fingerprint density at radius 3 is 2.44 bits per heavy atom. The van der Waals surface area contributed by atoms with Crippen molar-refractivity contribution in [2.75, 3.05) is 0 Å². The molecule has 0 amide bonds. The Balaban J connectivity index is 2.40. The maximum atomic E-state index is 4.56. The minimum absolute atomic E-state index is 1.09. The van der Waals surface area contributed by atoms with Gasteiger partial charge in [-0.05, 0) is 42.7 Å². The van der Waals surface area contributed by atoms with Crippen LogP contribution in [0.5, 0.6) is 0 Å². The van der Waals surface area contributed by atoms with E-state index in [9.17, 15) is 0 Å². The molecular weight excluding hydrogens is 218 g/mol.